The number of halogens is 1. The van der Waals surface area contributed by atoms with Crippen molar-refractivity contribution in [2.75, 3.05) is 26.1 Å². The second-order valence-electron chi connectivity index (χ2n) is 5.13. The van der Waals surface area contributed by atoms with Crippen LogP contribution >= 0.6 is 0 Å². The molecule has 1 radical (unpaired) electrons. The molecule has 0 saturated heterocycles. The Bertz CT molecular complexity index is 695. The van der Waals surface area contributed by atoms with E-state index < -0.39 is 11.7 Å². The van der Waals surface area contributed by atoms with Gasteiger partial charge in [-0.25, -0.2) is 9.40 Å². The highest BCUT2D eigenvalue weighted by Gasteiger charge is 2.35. The van der Waals surface area contributed by atoms with E-state index >= 15 is 0 Å². The molecule has 0 atom stereocenters. The topological polar surface area (TPSA) is 53.8 Å². The molecule has 0 aliphatic carbocycles. The van der Waals surface area contributed by atoms with Crippen molar-refractivity contribution in [1.29, 1.82) is 0 Å². The lowest BCUT2D eigenvalue weighted by atomic mass is 10.3. The second-order valence-corrected chi connectivity index (χ2v) is 5.13. The van der Waals surface area contributed by atoms with Crippen molar-refractivity contribution in [3.63, 3.8) is 0 Å². The minimum absolute atomic E-state index is 0.143. The number of carbonyl (C=O) groups excluding carboxylic acids is 1. The molecule has 2 aliphatic rings. The third-order valence-corrected chi connectivity index (χ3v) is 3.37. The number of carbonyl (C=O) groups is 1. The first-order valence-corrected chi connectivity index (χ1v) is 6.80. The van der Waals surface area contributed by atoms with E-state index in [0.717, 1.165) is 0 Å². The molecule has 3 rings (SSSR count). The van der Waals surface area contributed by atoms with E-state index in [1.165, 1.54) is 12.1 Å². The predicted octanol–water partition coefficient (Wildman–Crippen LogP) is 1.42. The quantitative estimate of drug-likeness (QED) is 0.859. The van der Waals surface area contributed by atoms with E-state index in [0.29, 0.717) is 12.5 Å². The molecule has 7 heteroatoms. The maximum atomic E-state index is 13.6. The van der Waals surface area contributed by atoms with Crippen molar-refractivity contribution >= 4 is 17.4 Å². The van der Waals surface area contributed by atoms with Gasteiger partial charge in [-0.3, -0.25) is 9.80 Å². The normalized spacial score (nSPS) is 17.4. The summed E-state index contributed by atoms with van der Waals surface area (Å²) in [4.78, 5) is 18.3. The Labute approximate surface area is 127 Å². The smallest absolute Gasteiger partial charge is 0.285 e. The number of nitrogens with zero attached hydrogens (tertiary/aromatic N) is 4. The summed E-state index contributed by atoms with van der Waals surface area (Å²) in [5, 5.41) is 6.43. The lowest BCUT2D eigenvalue weighted by Crippen LogP contribution is -2.47. The predicted molar refractivity (Wildman–Crippen MR) is 82.2 cm³/mol. The number of anilines is 1. The fourth-order valence-electron chi connectivity index (χ4n) is 2.15. The zero-order chi connectivity index (χ0) is 15.7. The number of amidine groups is 1. The van der Waals surface area contributed by atoms with Crippen molar-refractivity contribution in [1.82, 2.24) is 14.9 Å². The molecule has 0 unspecified atom stereocenters. The lowest BCUT2D eigenvalue weighted by Gasteiger charge is -2.27. The van der Waals surface area contributed by atoms with Crippen LogP contribution in [0.25, 0.3) is 0 Å². The fourth-order valence-corrected chi connectivity index (χ4v) is 2.15. The number of para-hydroxylation sites is 1. The molecular formula is C15H16FN5O+. The van der Waals surface area contributed by atoms with Crippen LogP contribution in [0.15, 0.2) is 53.4 Å². The van der Waals surface area contributed by atoms with Gasteiger partial charge in [0.25, 0.3) is 11.7 Å². The average Bonchev–Trinajstić information content (AvgIpc) is 2.92. The minimum Gasteiger partial charge on any atom is -0.318 e. The van der Waals surface area contributed by atoms with Crippen molar-refractivity contribution in [2.45, 2.75) is 0 Å². The van der Waals surface area contributed by atoms with Crippen LogP contribution < -0.4 is 10.2 Å². The van der Waals surface area contributed by atoms with Gasteiger partial charge < -0.3 is 5.32 Å². The van der Waals surface area contributed by atoms with Crippen molar-refractivity contribution in [2.24, 2.45) is 4.99 Å². The third kappa shape index (κ3) is 2.76. The van der Waals surface area contributed by atoms with E-state index in [-0.39, 0.29) is 11.4 Å². The zero-order valence-electron chi connectivity index (χ0n) is 12.3. The van der Waals surface area contributed by atoms with Gasteiger partial charge in [-0.2, -0.15) is 4.99 Å². The summed E-state index contributed by atoms with van der Waals surface area (Å²) < 4.78 is 13.6. The molecule has 0 aromatic heterocycles. The standard InChI is InChI=1S/C15H16FN5O/c1-19(2)21-8-7-14-17-13(9-20(14)10-21)15(22)18-12-6-4-3-5-11(12)16/h3-9H,10H2,1-2H3,(H,18,22)/q+1. The van der Waals surface area contributed by atoms with E-state index in [1.54, 1.807) is 18.3 Å². The third-order valence-electron chi connectivity index (χ3n) is 3.37. The number of nitrogens with one attached hydrogen (secondary N) is 1. The number of rotatable bonds is 3. The van der Waals surface area contributed by atoms with Crippen LogP contribution in [0.3, 0.4) is 0 Å². The Morgan fingerprint density at radius 2 is 2.18 bits per heavy atom. The molecule has 0 bridgehead atoms. The Morgan fingerprint density at radius 1 is 1.41 bits per heavy atom. The molecule has 1 amide bonds. The van der Waals surface area contributed by atoms with Crippen LogP contribution in [0, 0.1) is 5.82 Å². The highest BCUT2D eigenvalue weighted by molar-refractivity contribution is 6.10. The highest BCUT2D eigenvalue weighted by atomic mass is 19.1. The average molecular weight is 301 g/mol. The molecule has 0 saturated carbocycles. The molecular weight excluding hydrogens is 285 g/mol. The van der Waals surface area contributed by atoms with Gasteiger partial charge in [-0.15, -0.1) is 0 Å². The molecule has 2 heterocycles. The first-order chi connectivity index (χ1) is 10.5. The van der Waals surface area contributed by atoms with Gasteiger partial charge in [0.15, 0.2) is 11.9 Å². The molecule has 1 aromatic carbocycles. The summed E-state index contributed by atoms with van der Waals surface area (Å²) in [7, 11) is 3.86. The summed E-state index contributed by atoms with van der Waals surface area (Å²) in [5.74, 6) is -0.216. The summed E-state index contributed by atoms with van der Waals surface area (Å²) in [6.45, 7) is 0.568. The summed E-state index contributed by atoms with van der Waals surface area (Å²) >= 11 is 0. The highest BCUT2D eigenvalue weighted by Crippen LogP contribution is 2.18. The Kier molecular flexibility index (Phi) is 3.74. The molecule has 0 spiro atoms. The number of fused-ring (bicyclic) bond motifs is 1. The zero-order valence-corrected chi connectivity index (χ0v) is 12.3. The van der Waals surface area contributed by atoms with Gasteiger partial charge in [0.2, 0.25) is 6.67 Å². The monoisotopic (exact) mass is 301 g/mol. The number of hydrazine groups is 1. The summed E-state index contributed by atoms with van der Waals surface area (Å²) in [6.07, 6.45) is 5.37. The van der Waals surface area contributed by atoms with Gasteiger partial charge in [0.05, 0.1) is 5.69 Å². The Hall–Kier alpha value is -2.51. The van der Waals surface area contributed by atoms with Crippen LogP contribution in [-0.2, 0) is 4.79 Å². The molecule has 6 nitrogen and oxygen atoms in total. The van der Waals surface area contributed by atoms with Crippen LogP contribution in [0.1, 0.15) is 0 Å². The maximum absolute atomic E-state index is 13.6. The molecule has 2 aliphatic heterocycles. The SMILES string of the molecule is CN(C)N1C=CC2=NC(C(=O)Nc3ccccc3F)=C[N+]2C1. The first-order valence-electron chi connectivity index (χ1n) is 6.80. The van der Waals surface area contributed by atoms with Gasteiger partial charge in [0, 0.05) is 26.4 Å². The van der Waals surface area contributed by atoms with E-state index in [4.69, 9.17) is 0 Å². The molecule has 1 aromatic rings. The summed E-state index contributed by atoms with van der Waals surface area (Å²) in [6, 6.07) is 6.04. The van der Waals surface area contributed by atoms with Gasteiger partial charge in [0.1, 0.15) is 5.82 Å². The number of hydrogen-bond donors (Lipinski definition) is 1. The molecule has 1 N–H and O–H groups in total. The first kappa shape index (κ1) is 14.4. The Morgan fingerprint density at radius 3 is 2.91 bits per heavy atom. The number of hydrogen-bond acceptors (Lipinski definition) is 5. The van der Waals surface area contributed by atoms with E-state index in [9.17, 15) is 9.18 Å². The molecule has 0 fully saturated rings. The number of aliphatic imine (C=N–C) groups is 1. The second kappa shape index (κ2) is 5.70. The Balaban J connectivity index is 1.74. The minimum atomic E-state index is -0.474. The van der Waals surface area contributed by atoms with Gasteiger partial charge in [-0.1, -0.05) is 17.0 Å². The van der Waals surface area contributed by atoms with E-state index in [1.807, 2.05) is 41.3 Å². The van der Waals surface area contributed by atoms with E-state index in [2.05, 4.69) is 10.3 Å². The fraction of sp³-hybridized carbons (Fsp3) is 0.200. The maximum Gasteiger partial charge on any atom is 0.285 e. The largest absolute Gasteiger partial charge is 0.318 e. The van der Waals surface area contributed by atoms with Crippen molar-refractivity contribution in [3.8, 4) is 0 Å². The lowest BCUT2D eigenvalue weighted by molar-refractivity contribution is -0.112. The number of benzene rings is 1. The summed E-state index contributed by atoms with van der Waals surface area (Å²) in [5.41, 5.74) is 0.396. The van der Waals surface area contributed by atoms with Crippen molar-refractivity contribution < 1.29 is 9.18 Å². The van der Waals surface area contributed by atoms with Crippen molar-refractivity contribution in [3.05, 3.63) is 54.3 Å². The van der Waals surface area contributed by atoms with Crippen LogP contribution in [-0.4, -0.2) is 42.5 Å². The molecule has 22 heavy (non-hydrogen) atoms. The number of amides is 1. The van der Waals surface area contributed by atoms with Crippen LogP contribution in [0.2, 0.25) is 0 Å². The molecule has 113 valence electrons. The van der Waals surface area contributed by atoms with Crippen LogP contribution in [0.5, 0.6) is 0 Å². The van der Waals surface area contributed by atoms with Crippen LogP contribution in [0.4, 0.5) is 10.1 Å². The van der Waals surface area contributed by atoms with Gasteiger partial charge >= 0.3 is 0 Å². The van der Waals surface area contributed by atoms with Gasteiger partial charge in [-0.05, 0) is 12.1 Å².